The summed E-state index contributed by atoms with van der Waals surface area (Å²) in [4.78, 5) is 29.2. The molecular formula is C24H23F2N7O. The third kappa shape index (κ3) is 4.16. The van der Waals surface area contributed by atoms with Crippen LogP contribution in [0.1, 0.15) is 35.9 Å². The molecule has 174 valence electrons. The monoisotopic (exact) mass is 463 g/mol. The van der Waals surface area contributed by atoms with Crippen molar-refractivity contribution in [2.45, 2.75) is 39.9 Å². The van der Waals surface area contributed by atoms with Crippen LogP contribution < -0.4 is 4.90 Å². The maximum Gasteiger partial charge on any atom is 0.228 e. The Labute approximate surface area is 195 Å². The van der Waals surface area contributed by atoms with Crippen molar-refractivity contribution in [3.05, 3.63) is 65.0 Å². The van der Waals surface area contributed by atoms with Gasteiger partial charge in [0.15, 0.2) is 5.65 Å². The molecule has 0 saturated carbocycles. The maximum atomic E-state index is 14.8. The third-order valence-electron chi connectivity index (χ3n) is 5.79. The summed E-state index contributed by atoms with van der Waals surface area (Å²) < 4.78 is 34.5. The predicted molar refractivity (Wildman–Crippen MR) is 122 cm³/mol. The highest BCUT2D eigenvalue weighted by Crippen LogP contribution is 2.32. The molecule has 0 radical (unpaired) electrons. The minimum atomic E-state index is -0.726. The van der Waals surface area contributed by atoms with Crippen LogP contribution in [0.25, 0.3) is 22.4 Å². The van der Waals surface area contributed by atoms with Gasteiger partial charge in [-0.25, -0.2) is 33.7 Å². The summed E-state index contributed by atoms with van der Waals surface area (Å²) in [6.07, 6.45) is 1.25. The van der Waals surface area contributed by atoms with E-state index in [4.69, 9.17) is 9.72 Å². The van der Waals surface area contributed by atoms with Gasteiger partial charge in [-0.3, -0.25) is 0 Å². The van der Waals surface area contributed by atoms with Crippen molar-refractivity contribution in [1.29, 1.82) is 0 Å². The minimum Gasteiger partial charge on any atom is -0.365 e. The van der Waals surface area contributed by atoms with Gasteiger partial charge >= 0.3 is 0 Å². The first-order valence-electron chi connectivity index (χ1n) is 11.0. The number of anilines is 1. The van der Waals surface area contributed by atoms with Crippen LogP contribution in [0.4, 0.5) is 14.7 Å². The second kappa shape index (κ2) is 8.60. The zero-order chi connectivity index (χ0) is 24.0. The Bertz CT molecular complexity index is 1400. The summed E-state index contributed by atoms with van der Waals surface area (Å²) in [5.41, 5.74) is 3.28. The van der Waals surface area contributed by atoms with E-state index in [0.29, 0.717) is 47.4 Å². The molecule has 1 aliphatic heterocycles. The zero-order valence-electron chi connectivity index (χ0n) is 19.3. The van der Waals surface area contributed by atoms with Crippen LogP contribution in [0.2, 0.25) is 0 Å². The Morgan fingerprint density at radius 3 is 2.50 bits per heavy atom. The zero-order valence-corrected chi connectivity index (χ0v) is 19.3. The highest BCUT2D eigenvalue weighted by molar-refractivity contribution is 5.88. The van der Waals surface area contributed by atoms with Crippen LogP contribution in [-0.4, -0.2) is 49.1 Å². The van der Waals surface area contributed by atoms with Gasteiger partial charge < -0.3 is 9.64 Å². The number of rotatable bonds is 3. The van der Waals surface area contributed by atoms with Crippen LogP contribution in [-0.2, 0) is 4.74 Å². The molecule has 1 aromatic carbocycles. The number of halogens is 2. The summed E-state index contributed by atoms with van der Waals surface area (Å²) >= 11 is 0. The van der Waals surface area contributed by atoms with E-state index >= 15 is 0 Å². The highest BCUT2D eigenvalue weighted by atomic mass is 19.1. The van der Waals surface area contributed by atoms with Gasteiger partial charge in [-0.1, -0.05) is 0 Å². The summed E-state index contributed by atoms with van der Waals surface area (Å²) in [6.45, 7) is 8.41. The highest BCUT2D eigenvalue weighted by Gasteiger charge is 2.30. The number of aromatic nitrogens is 6. The molecule has 10 heteroatoms. The van der Waals surface area contributed by atoms with Crippen LogP contribution in [0, 0.1) is 32.4 Å². The fourth-order valence-corrected chi connectivity index (χ4v) is 4.04. The van der Waals surface area contributed by atoms with Gasteiger partial charge in [0.2, 0.25) is 5.95 Å². The van der Waals surface area contributed by atoms with E-state index in [-0.39, 0.29) is 23.5 Å². The van der Waals surface area contributed by atoms with Gasteiger partial charge in [-0.2, -0.15) is 4.98 Å². The minimum absolute atomic E-state index is 0.134. The largest absolute Gasteiger partial charge is 0.365 e. The quantitative estimate of drug-likeness (QED) is 0.450. The number of aryl methyl sites for hydroxylation is 3. The molecule has 3 aromatic heterocycles. The molecule has 1 saturated heterocycles. The van der Waals surface area contributed by atoms with Crippen molar-refractivity contribution in [3.8, 4) is 11.3 Å². The second-order valence-corrected chi connectivity index (χ2v) is 8.43. The molecule has 1 aliphatic rings. The molecule has 34 heavy (non-hydrogen) atoms. The Balaban J connectivity index is 1.64. The summed E-state index contributed by atoms with van der Waals surface area (Å²) in [7, 11) is 0. The summed E-state index contributed by atoms with van der Waals surface area (Å²) in [5, 5.41) is 0. The number of hydrogen-bond donors (Lipinski definition) is 0. The van der Waals surface area contributed by atoms with Gasteiger partial charge in [0.05, 0.1) is 29.7 Å². The van der Waals surface area contributed by atoms with Crippen LogP contribution in [0.5, 0.6) is 0 Å². The number of hydrogen-bond acceptors (Lipinski definition) is 8. The van der Waals surface area contributed by atoms with Crippen molar-refractivity contribution < 1.29 is 13.5 Å². The van der Waals surface area contributed by atoms with Crippen LogP contribution in [0.15, 0.2) is 30.5 Å². The Morgan fingerprint density at radius 2 is 1.74 bits per heavy atom. The molecule has 2 atom stereocenters. The molecule has 1 fully saturated rings. The second-order valence-electron chi connectivity index (χ2n) is 8.43. The smallest absolute Gasteiger partial charge is 0.228 e. The number of fused-ring (bicyclic) bond motifs is 1. The van der Waals surface area contributed by atoms with Gasteiger partial charge in [-0.15, -0.1) is 0 Å². The molecule has 0 aliphatic carbocycles. The SMILES string of the molecule is Cc1nccc([C@@H]2CN(c3nc(-c4ccc(F)cc4F)c4nc(C)c(C)nc4n3)C[C@@H](C)O2)n1. The maximum absolute atomic E-state index is 14.8. The number of nitrogens with zero attached hydrogens (tertiary/aromatic N) is 7. The van der Waals surface area contributed by atoms with E-state index in [1.54, 1.807) is 6.20 Å². The molecule has 0 N–H and O–H groups in total. The van der Waals surface area contributed by atoms with Crippen molar-refractivity contribution >= 4 is 17.1 Å². The molecule has 5 rings (SSSR count). The molecular weight excluding hydrogens is 440 g/mol. The topological polar surface area (TPSA) is 89.8 Å². The fourth-order valence-electron chi connectivity index (χ4n) is 4.04. The van der Waals surface area contributed by atoms with Crippen LogP contribution >= 0.6 is 0 Å². The van der Waals surface area contributed by atoms with Crippen molar-refractivity contribution in [2.24, 2.45) is 0 Å². The van der Waals surface area contributed by atoms with E-state index in [1.807, 2.05) is 38.7 Å². The van der Waals surface area contributed by atoms with Gasteiger partial charge in [0, 0.05) is 24.4 Å². The molecule has 4 heterocycles. The first-order chi connectivity index (χ1) is 16.3. The van der Waals surface area contributed by atoms with E-state index in [9.17, 15) is 8.78 Å². The molecule has 4 aromatic rings. The van der Waals surface area contributed by atoms with E-state index in [2.05, 4.69) is 24.9 Å². The Morgan fingerprint density at radius 1 is 0.941 bits per heavy atom. The van der Waals surface area contributed by atoms with E-state index in [1.165, 1.54) is 12.1 Å². The molecule has 0 bridgehead atoms. The lowest BCUT2D eigenvalue weighted by Gasteiger charge is -2.36. The number of benzene rings is 1. The number of ether oxygens (including phenoxy) is 1. The van der Waals surface area contributed by atoms with Crippen molar-refractivity contribution in [3.63, 3.8) is 0 Å². The lowest BCUT2D eigenvalue weighted by molar-refractivity contribution is -0.0201. The third-order valence-corrected chi connectivity index (χ3v) is 5.79. The lowest BCUT2D eigenvalue weighted by atomic mass is 10.1. The van der Waals surface area contributed by atoms with E-state index in [0.717, 1.165) is 11.8 Å². The van der Waals surface area contributed by atoms with Crippen LogP contribution in [0.3, 0.4) is 0 Å². The first kappa shape index (κ1) is 22.1. The van der Waals surface area contributed by atoms with E-state index < -0.39 is 11.6 Å². The predicted octanol–water partition coefficient (Wildman–Crippen LogP) is 4.05. The molecule has 0 unspecified atom stereocenters. The lowest BCUT2D eigenvalue weighted by Crippen LogP contribution is -2.44. The summed E-state index contributed by atoms with van der Waals surface area (Å²) in [5.74, 6) is -0.365. The average Bonchev–Trinajstić information content (AvgIpc) is 2.79. The standard InChI is InChI=1S/C24H23F2N7O/c1-12-10-33(11-20(34-12)19-7-8-27-15(4)30-19)24-31-21(17-6-5-16(25)9-18(17)26)22-23(32-24)29-14(3)13(2)28-22/h5-9,12,20H,10-11H2,1-4H3/t12-,20+/m1/s1. The number of morpholine rings is 1. The summed E-state index contributed by atoms with van der Waals surface area (Å²) in [6, 6.07) is 5.22. The van der Waals surface area contributed by atoms with Crippen molar-refractivity contribution in [1.82, 2.24) is 29.9 Å². The molecule has 0 spiro atoms. The molecule has 8 nitrogen and oxygen atoms in total. The Hall–Kier alpha value is -3.66. The average molecular weight is 463 g/mol. The normalized spacial score (nSPS) is 18.5. The van der Waals surface area contributed by atoms with Crippen molar-refractivity contribution in [2.75, 3.05) is 18.0 Å². The first-order valence-corrected chi connectivity index (χ1v) is 11.0. The van der Waals surface area contributed by atoms with Gasteiger partial charge in [-0.05, 0) is 45.9 Å². The fraction of sp³-hybridized carbons (Fsp3) is 0.333. The molecule has 0 amide bonds. The van der Waals surface area contributed by atoms with Gasteiger partial charge in [0.25, 0.3) is 0 Å². The van der Waals surface area contributed by atoms with Gasteiger partial charge in [0.1, 0.15) is 34.8 Å². The Kier molecular flexibility index (Phi) is 5.60.